The van der Waals surface area contributed by atoms with E-state index in [0.717, 1.165) is 10.2 Å². The number of carbonyl (C=O) groups is 1. The maximum absolute atomic E-state index is 12.3. The Morgan fingerprint density at radius 3 is 2.84 bits per heavy atom. The Bertz CT molecular complexity index is 891. The largest absolute Gasteiger partial charge is 0.486 e. The molecular weight excluding hydrogens is 340 g/mol. The lowest BCUT2D eigenvalue weighted by molar-refractivity contribution is 0.0915. The van der Waals surface area contributed by atoms with Gasteiger partial charge in [0.05, 0.1) is 16.3 Å². The molecule has 0 saturated heterocycles. The Morgan fingerprint density at radius 2 is 2.00 bits per heavy atom. The van der Waals surface area contributed by atoms with Crippen LogP contribution in [0.4, 0.5) is 0 Å². The second-order valence-corrected chi connectivity index (χ2v) is 6.65. The summed E-state index contributed by atoms with van der Waals surface area (Å²) in [7, 11) is 0. The van der Waals surface area contributed by atoms with E-state index >= 15 is 0 Å². The van der Waals surface area contributed by atoms with Crippen molar-refractivity contribution in [3.63, 3.8) is 0 Å². The molecule has 3 aromatic rings. The van der Waals surface area contributed by atoms with Crippen LogP contribution in [-0.4, -0.2) is 35.8 Å². The minimum Gasteiger partial charge on any atom is -0.486 e. The average Bonchev–Trinajstić information content (AvgIpc) is 3.09. The van der Waals surface area contributed by atoms with E-state index in [1.165, 1.54) is 11.3 Å². The van der Waals surface area contributed by atoms with Gasteiger partial charge in [-0.2, -0.15) is 0 Å². The summed E-state index contributed by atoms with van der Waals surface area (Å²) >= 11 is 1.33. The molecule has 4 rings (SSSR count). The molecule has 0 saturated carbocycles. The fourth-order valence-corrected chi connectivity index (χ4v) is 3.50. The SMILES string of the molecule is O=C(NC[C@H](O)c1ccc2c(c1)OCCO2)c1nc2ccccc2s1. The highest BCUT2D eigenvalue weighted by Crippen LogP contribution is 2.32. The van der Waals surface area contributed by atoms with Crippen LogP contribution in [0.25, 0.3) is 10.2 Å². The number of nitrogens with one attached hydrogen (secondary N) is 1. The van der Waals surface area contributed by atoms with Crippen LogP contribution in [0.2, 0.25) is 0 Å². The fourth-order valence-electron chi connectivity index (χ4n) is 2.62. The van der Waals surface area contributed by atoms with Crippen LogP contribution >= 0.6 is 11.3 Å². The van der Waals surface area contributed by atoms with Crippen molar-refractivity contribution in [1.82, 2.24) is 10.3 Å². The maximum Gasteiger partial charge on any atom is 0.280 e. The number of benzene rings is 2. The lowest BCUT2D eigenvalue weighted by atomic mass is 10.1. The molecule has 1 atom stereocenters. The van der Waals surface area contributed by atoms with Crippen LogP contribution in [0.15, 0.2) is 42.5 Å². The zero-order chi connectivity index (χ0) is 17.2. The zero-order valence-corrected chi connectivity index (χ0v) is 14.1. The Labute approximate surface area is 148 Å². The van der Waals surface area contributed by atoms with Crippen molar-refractivity contribution in [2.45, 2.75) is 6.10 Å². The van der Waals surface area contributed by atoms with Crippen LogP contribution < -0.4 is 14.8 Å². The van der Waals surface area contributed by atoms with E-state index in [2.05, 4.69) is 10.3 Å². The summed E-state index contributed by atoms with van der Waals surface area (Å²) in [6, 6.07) is 12.9. The summed E-state index contributed by atoms with van der Waals surface area (Å²) in [4.78, 5) is 16.6. The number of para-hydroxylation sites is 1. The lowest BCUT2D eigenvalue weighted by Gasteiger charge is -2.20. The van der Waals surface area contributed by atoms with E-state index in [1.807, 2.05) is 24.3 Å². The third-order valence-electron chi connectivity index (χ3n) is 3.90. The highest BCUT2D eigenvalue weighted by atomic mass is 32.1. The predicted octanol–water partition coefficient (Wildman–Crippen LogP) is 2.53. The van der Waals surface area contributed by atoms with Crippen molar-refractivity contribution in [1.29, 1.82) is 0 Å². The Balaban J connectivity index is 1.42. The van der Waals surface area contributed by atoms with Gasteiger partial charge in [-0.05, 0) is 29.8 Å². The van der Waals surface area contributed by atoms with Crippen LogP contribution in [0.3, 0.4) is 0 Å². The number of fused-ring (bicyclic) bond motifs is 2. The van der Waals surface area contributed by atoms with Gasteiger partial charge in [0, 0.05) is 6.54 Å². The van der Waals surface area contributed by atoms with Crippen molar-refractivity contribution in [3.8, 4) is 11.5 Å². The number of rotatable bonds is 4. The van der Waals surface area contributed by atoms with Gasteiger partial charge in [0.2, 0.25) is 0 Å². The normalized spacial score (nSPS) is 14.3. The number of aliphatic hydroxyl groups is 1. The van der Waals surface area contributed by atoms with Crippen LogP contribution in [0.5, 0.6) is 11.5 Å². The Kier molecular flexibility index (Phi) is 4.25. The number of ether oxygens (including phenoxy) is 2. The molecule has 2 heterocycles. The fraction of sp³-hybridized carbons (Fsp3) is 0.222. The van der Waals surface area contributed by atoms with E-state index in [9.17, 15) is 9.90 Å². The molecule has 128 valence electrons. The zero-order valence-electron chi connectivity index (χ0n) is 13.3. The third-order valence-corrected chi connectivity index (χ3v) is 4.93. The van der Waals surface area contributed by atoms with Gasteiger partial charge in [0.25, 0.3) is 5.91 Å². The first-order valence-electron chi connectivity index (χ1n) is 7.92. The summed E-state index contributed by atoms with van der Waals surface area (Å²) in [5.41, 5.74) is 1.46. The number of thiazole rings is 1. The molecule has 25 heavy (non-hydrogen) atoms. The molecule has 1 amide bonds. The maximum atomic E-state index is 12.3. The molecule has 0 bridgehead atoms. The minimum atomic E-state index is -0.839. The van der Waals surface area contributed by atoms with Crippen LogP contribution in [-0.2, 0) is 0 Å². The molecule has 0 radical (unpaired) electrons. The van der Waals surface area contributed by atoms with Crippen molar-refractivity contribution >= 4 is 27.5 Å². The molecule has 2 aromatic carbocycles. The van der Waals surface area contributed by atoms with Gasteiger partial charge >= 0.3 is 0 Å². The number of amides is 1. The summed E-state index contributed by atoms with van der Waals surface area (Å²) in [6.07, 6.45) is -0.839. The molecule has 1 aliphatic heterocycles. The first-order valence-corrected chi connectivity index (χ1v) is 8.74. The van der Waals surface area contributed by atoms with E-state index in [1.54, 1.807) is 18.2 Å². The van der Waals surface area contributed by atoms with E-state index < -0.39 is 6.10 Å². The molecule has 2 N–H and O–H groups in total. The topological polar surface area (TPSA) is 80.7 Å². The third kappa shape index (κ3) is 3.29. The first-order chi connectivity index (χ1) is 12.2. The van der Waals surface area contributed by atoms with Gasteiger partial charge in [-0.1, -0.05) is 18.2 Å². The summed E-state index contributed by atoms with van der Waals surface area (Å²) in [5.74, 6) is 0.985. The number of carbonyl (C=O) groups excluding carboxylic acids is 1. The predicted molar refractivity (Wildman–Crippen MR) is 94.3 cm³/mol. The molecule has 0 fully saturated rings. The van der Waals surface area contributed by atoms with Gasteiger partial charge in [0.15, 0.2) is 16.5 Å². The van der Waals surface area contributed by atoms with Crippen molar-refractivity contribution in [3.05, 3.63) is 53.0 Å². The highest BCUT2D eigenvalue weighted by Gasteiger charge is 2.17. The summed E-state index contributed by atoms with van der Waals surface area (Å²) in [5, 5.41) is 13.4. The molecule has 0 unspecified atom stereocenters. The molecule has 1 aliphatic rings. The number of aliphatic hydroxyl groups excluding tert-OH is 1. The van der Waals surface area contributed by atoms with Crippen LogP contribution in [0, 0.1) is 0 Å². The van der Waals surface area contributed by atoms with E-state index in [-0.39, 0.29) is 12.5 Å². The quantitative estimate of drug-likeness (QED) is 0.751. The van der Waals surface area contributed by atoms with Gasteiger partial charge < -0.3 is 19.9 Å². The molecular formula is C18H16N2O4S. The van der Waals surface area contributed by atoms with Crippen molar-refractivity contribution in [2.75, 3.05) is 19.8 Å². The van der Waals surface area contributed by atoms with E-state index in [4.69, 9.17) is 9.47 Å². The number of hydrogen-bond donors (Lipinski definition) is 2. The number of nitrogens with zero attached hydrogens (tertiary/aromatic N) is 1. The second-order valence-electron chi connectivity index (χ2n) is 5.62. The average molecular weight is 356 g/mol. The lowest BCUT2D eigenvalue weighted by Crippen LogP contribution is -2.28. The van der Waals surface area contributed by atoms with E-state index in [0.29, 0.717) is 35.3 Å². The minimum absolute atomic E-state index is 0.0917. The highest BCUT2D eigenvalue weighted by molar-refractivity contribution is 7.20. The summed E-state index contributed by atoms with van der Waals surface area (Å²) < 4.78 is 11.9. The number of aromatic nitrogens is 1. The molecule has 0 spiro atoms. The Morgan fingerprint density at radius 1 is 1.20 bits per heavy atom. The van der Waals surface area contributed by atoms with Crippen molar-refractivity contribution in [2.24, 2.45) is 0 Å². The van der Waals surface area contributed by atoms with Crippen LogP contribution in [0.1, 0.15) is 21.5 Å². The van der Waals surface area contributed by atoms with Gasteiger partial charge in [-0.25, -0.2) is 4.98 Å². The van der Waals surface area contributed by atoms with Crippen molar-refractivity contribution < 1.29 is 19.4 Å². The Hall–Kier alpha value is -2.64. The first kappa shape index (κ1) is 15.9. The monoisotopic (exact) mass is 356 g/mol. The molecule has 7 heteroatoms. The standard InChI is InChI=1S/C18H16N2O4S/c21-13(11-5-6-14-15(9-11)24-8-7-23-14)10-19-17(22)18-20-12-3-1-2-4-16(12)25-18/h1-6,9,13,21H,7-8,10H2,(H,19,22)/t13-/m0/s1. The molecule has 6 nitrogen and oxygen atoms in total. The summed E-state index contributed by atoms with van der Waals surface area (Å²) in [6.45, 7) is 1.10. The second kappa shape index (κ2) is 6.70. The van der Waals surface area contributed by atoms with Gasteiger partial charge in [0.1, 0.15) is 13.2 Å². The molecule has 0 aliphatic carbocycles. The molecule has 1 aromatic heterocycles. The smallest absolute Gasteiger partial charge is 0.280 e. The van der Waals surface area contributed by atoms with Gasteiger partial charge in [-0.15, -0.1) is 11.3 Å². The van der Waals surface area contributed by atoms with Gasteiger partial charge in [-0.3, -0.25) is 4.79 Å². The number of hydrogen-bond acceptors (Lipinski definition) is 6.